The molecule has 0 bridgehead atoms. The van der Waals surface area contributed by atoms with Crippen molar-refractivity contribution in [2.75, 3.05) is 0 Å². The molecule has 0 aliphatic carbocycles. The number of H-pyrrole nitrogens is 1. The molecule has 6 nitrogen and oxygen atoms in total. The summed E-state index contributed by atoms with van der Waals surface area (Å²) in [5.41, 5.74) is 1.13. The Labute approximate surface area is 128 Å². The van der Waals surface area contributed by atoms with E-state index in [1.54, 1.807) is 12.3 Å². The minimum atomic E-state index is -0.835. The van der Waals surface area contributed by atoms with E-state index < -0.39 is 11.0 Å². The Morgan fingerprint density at radius 2 is 2.05 bits per heavy atom. The predicted octanol–water partition coefficient (Wildman–Crippen LogP) is 2.22. The normalized spacial score (nSPS) is 22.5. The first kappa shape index (κ1) is 14.3. The number of hydrogen-bond acceptors (Lipinski definition) is 3. The Morgan fingerprint density at radius 1 is 1.27 bits per heavy atom. The molecule has 22 heavy (non-hydrogen) atoms. The number of hydrogen-bond donors (Lipinski definition) is 2. The number of carbonyl (C=O) groups excluding carboxylic acids is 1. The fraction of sp³-hybridized carbons (Fsp3) is 0.375. The van der Waals surface area contributed by atoms with Crippen molar-refractivity contribution in [3.05, 3.63) is 52.8 Å². The van der Waals surface area contributed by atoms with Gasteiger partial charge < -0.3 is 10.2 Å². The van der Waals surface area contributed by atoms with Crippen LogP contribution in [-0.4, -0.2) is 21.1 Å². The van der Waals surface area contributed by atoms with Crippen LogP contribution in [0.25, 0.3) is 4.85 Å². The highest BCUT2D eigenvalue weighted by atomic mass is 16.2. The smallest absolute Gasteiger partial charge is 0.269 e. The summed E-state index contributed by atoms with van der Waals surface area (Å²) in [6, 6.07) is 5.43. The summed E-state index contributed by atoms with van der Waals surface area (Å²) in [6.07, 6.45) is 2.11. The van der Waals surface area contributed by atoms with E-state index in [1.807, 2.05) is 32.9 Å². The van der Waals surface area contributed by atoms with Gasteiger partial charge in [0.25, 0.3) is 5.82 Å². The zero-order valence-corrected chi connectivity index (χ0v) is 12.8. The Hall–Kier alpha value is -2.68. The van der Waals surface area contributed by atoms with Gasteiger partial charge in [-0.3, -0.25) is 9.89 Å². The molecule has 1 amide bonds. The summed E-state index contributed by atoms with van der Waals surface area (Å²) in [4.78, 5) is 20.6. The van der Waals surface area contributed by atoms with E-state index >= 15 is 0 Å². The molecule has 3 heterocycles. The topological polar surface area (TPSA) is 75.0 Å². The molecule has 2 N–H and O–H groups in total. The largest absolute Gasteiger partial charge is 0.361 e. The lowest BCUT2D eigenvalue weighted by atomic mass is 9.71. The van der Waals surface area contributed by atoms with Crippen molar-refractivity contribution >= 4 is 11.7 Å². The summed E-state index contributed by atoms with van der Waals surface area (Å²) in [6.45, 7) is 12.9. The molecule has 112 valence electrons. The highest BCUT2D eigenvalue weighted by Gasteiger charge is 2.49. The Bertz CT molecular complexity index is 772. The zero-order valence-electron chi connectivity index (χ0n) is 12.8. The number of nitrogens with one attached hydrogen (secondary N) is 2. The average molecular weight is 295 g/mol. The van der Waals surface area contributed by atoms with Gasteiger partial charge in [-0.05, 0) is 32.9 Å². The molecule has 0 spiro atoms. The van der Waals surface area contributed by atoms with E-state index in [4.69, 9.17) is 6.57 Å². The van der Waals surface area contributed by atoms with E-state index in [9.17, 15) is 4.79 Å². The van der Waals surface area contributed by atoms with Crippen LogP contribution >= 0.6 is 0 Å². The van der Waals surface area contributed by atoms with Crippen LogP contribution in [0.3, 0.4) is 0 Å². The second-order valence-electron chi connectivity index (χ2n) is 6.35. The van der Waals surface area contributed by atoms with Crippen LogP contribution in [0.5, 0.6) is 0 Å². The predicted molar refractivity (Wildman–Crippen MR) is 81.3 cm³/mol. The zero-order chi connectivity index (χ0) is 16.0. The molecule has 2 aromatic heterocycles. The van der Waals surface area contributed by atoms with Gasteiger partial charge in [-0.25, -0.2) is 0 Å². The third-order valence-corrected chi connectivity index (χ3v) is 4.22. The van der Waals surface area contributed by atoms with Crippen molar-refractivity contribution in [3.63, 3.8) is 0 Å². The summed E-state index contributed by atoms with van der Waals surface area (Å²) in [7, 11) is 0. The second-order valence-corrected chi connectivity index (χ2v) is 6.35. The number of nitrogens with zero attached hydrogens (tertiary/aromatic N) is 3. The van der Waals surface area contributed by atoms with Gasteiger partial charge in [-0.15, -0.1) is 4.98 Å². The van der Waals surface area contributed by atoms with E-state index in [0.717, 1.165) is 11.3 Å². The third kappa shape index (κ3) is 2.06. The van der Waals surface area contributed by atoms with Crippen molar-refractivity contribution in [1.82, 2.24) is 20.5 Å². The van der Waals surface area contributed by atoms with E-state index in [0.29, 0.717) is 17.9 Å². The molecule has 1 aliphatic rings. The molecule has 1 aliphatic heterocycles. The first-order chi connectivity index (χ1) is 10.4. The molecule has 2 aromatic rings. The molecular formula is C16H17N5O. The lowest BCUT2D eigenvalue weighted by Crippen LogP contribution is -2.57. The summed E-state index contributed by atoms with van der Waals surface area (Å²) in [5, 5.41) is 9.89. The Morgan fingerprint density at radius 3 is 2.68 bits per heavy atom. The van der Waals surface area contributed by atoms with Gasteiger partial charge in [0.15, 0.2) is 5.69 Å². The molecule has 1 atom stereocenters. The van der Waals surface area contributed by atoms with Crippen LogP contribution in [-0.2, 0) is 22.2 Å². The van der Waals surface area contributed by atoms with Crippen LogP contribution in [0.15, 0.2) is 24.4 Å². The number of pyridine rings is 1. The van der Waals surface area contributed by atoms with Gasteiger partial charge in [0, 0.05) is 23.9 Å². The molecule has 1 unspecified atom stereocenters. The van der Waals surface area contributed by atoms with Gasteiger partial charge >= 0.3 is 0 Å². The van der Waals surface area contributed by atoms with Crippen LogP contribution in [0.1, 0.15) is 37.7 Å². The highest BCUT2D eigenvalue weighted by Crippen LogP contribution is 2.40. The number of carbonyl (C=O) groups is 1. The SMILES string of the molecule is [C-]#[N+]c1ccc2c(n1)C(C)(Cc1ccn[nH]1)C(=O)NC2(C)C. The molecule has 0 fully saturated rings. The lowest BCUT2D eigenvalue weighted by Gasteiger charge is -2.40. The monoisotopic (exact) mass is 295 g/mol. The maximum atomic E-state index is 12.8. The van der Waals surface area contributed by atoms with E-state index in [-0.39, 0.29) is 5.91 Å². The van der Waals surface area contributed by atoms with Crippen molar-refractivity contribution in [2.45, 2.75) is 38.1 Å². The summed E-state index contributed by atoms with van der Waals surface area (Å²) in [5.74, 6) is 0.217. The average Bonchev–Trinajstić information content (AvgIpc) is 2.97. The van der Waals surface area contributed by atoms with Crippen molar-refractivity contribution in [3.8, 4) is 0 Å². The van der Waals surface area contributed by atoms with E-state index in [1.165, 1.54) is 0 Å². The molecular weight excluding hydrogens is 278 g/mol. The van der Waals surface area contributed by atoms with Gasteiger partial charge in [0.1, 0.15) is 5.41 Å². The number of aromatic nitrogens is 3. The van der Waals surface area contributed by atoms with Crippen molar-refractivity contribution in [2.24, 2.45) is 0 Å². The maximum Gasteiger partial charge on any atom is 0.269 e. The molecule has 0 radical (unpaired) electrons. The summed E-state index contributed by atoms with van der Waals surface area (Å²) < 4.78 is 0. The summed E-state index contributed by atoms with van der Waals surface area (Å²) >= 11 is 0. The first-order valence-electron chi connectivity index (χ1n) is 7.07. The minimum absolute atomic E-state index is 0.0887. The number of fused-ring (bicyclic) bond motifs is 1. The fourth-order valence-corrected chi connectivity index (χ4v) is 2.96. The van der Waals surface area contributed by atoms with Crippen LogP contribution in [0, 0.1) is 6.57 Å². The Kier molecular flexibility index (Phi) is 3.03. The van der Waals surface area contributed by atoms with Crippen molar-refractivity contribution < 1.29 is 4.79 Å². The number of rotatable bonds is 2. The van der Waals surface area contributed by atoms with Gasteiger partial charge in [-0.2, -0.15) is 5.10 Å². The third-order valence-electron chi connectivity index (χ3n) is 4.22. The van der Waals surface area contributed by atoms with Crippen LogP contribution in [0.2, 0.25) is 0 Å². The standard InChI is InChI=1S/C16H17N5O/c1-15(2)11-5-6-12(17-4)19-13(11)16(3,14(22)20-15)9-10-7-8-18-21-10/h5-8H,9H2,1-3H3,(H,18,21)(H,20,22). The Balaban J connectivity index is 2.19. The van der Waals surface area contributed by atoms with Gasteiger partial charge in [0.2, 0.25) is 5.91 Å². The lowest BCUT2D eigenvalue weighted by molar-refractivity contribution is -0.129. The maximum absolute atomic E-state index is 12.8. The van der Waals surface area contributed by atoms with Crippen LogP contribution < -0.4 is 5.32 Å². The quantitative estimate of drug-likeness (QED) is 0.834. The molecule has 6 heteroatoms. The number of amides is 1. The second kappa shape index (κ2) is 4.67. The first-order valence-corrected chi connectivity index (χ1v) is 7.07. The molecule has 0 saturated carbocycles. The molecule has 3 rings (SSSR count). The molecule has 0 aromatic carbocycles. The van der Waals surface area contributed by atoms with Gasteiger partial charge in [0.05, 0.1) is 5.54 Å². The minimum Gasteiger partial charge on any atom is -0.361 e. The highest BCUT2D eigenvalue weighted by molar-refractivity contribution is 5.91. The number of aromatic amines is 1. The van der Waals surface area contributed by atoms with E-state index in [2.05, 4.69) is 25.3 Å². The fourth-order valence-electron chi connectivity index (χ4n) is 2.96. The molecule has 0 saturated heterocycles. The van der Waals surface area contributed by atoms with Crippen LogP contribution in [0.4, 0.5) is 5.82 Å². The van der Waals surface area contributed by atoms with Gasteiger partial charge in [-0.1, -0.05) is 12.6 Å². The van der Waals surface area contributed by atoms with Crippen molar-refractivity contribution in [1.29, 1.82) is 0 Å².